The Bertz CT molecular complexity index is 1060. The predicted octanol–water partition coefficient (Wildman–Crippen LogP) is 3.13. The molecule has 2 N–H and O–H groups in total. The number of carbonyl (C=O) groups is 2. The number of H-pyrrole nitrogens is 1. The average molecular weight is 384 g/mol. The summed E-state index contributed by atoms with van der Waals surface area (Å²) in [5, 5.41) is 3.09. The van der Waals surface area contributed by atoms with E-state index in [0.717, 1.165) is 0 Å². The van der Waals surface area contributed by atoms with Crippen molar-refractivity contribution in [3.05, 3.63) is 81.2 Å². The van der Waals surface area contributed by atoms with Gasteiger partial charge < -0.3 is 15.0 Å². The van der Waals surface area contributed by atoms with E-state index < -0.39 is 17.4 Å². The normalized spacial score (nSPS) is 10.3. The zero-order valence-electron chi connectivity index (χ0n) is 14.2. The standard InChI is InChI=1S/C19H14ClN3O4/c1-27-19(26)13-4-2-3-5-15(13)22-17(24)14-10-21-16(23-18(14)25)11-6-8-12(20)9-7-11/h2-10H,1H3,(H,22,24)(H,21,23,25). The Labute approximate surface area is 159 Å². The number of benzene rings is 2. The molecule has 0 aliphatic heterocycles. The van der Waals surface area contributed by atoms with Crippen LogP contribution in [0.1, 0.15) is 20.7 Å². The lowest BCUT2D eigenvalue weighted by Gasteiger charge is -2.09. The van der Waals surface area contributed by atoms with Gasteiger partial charge in [0, 0.05) is 16.8 Å². The summed E-state index contributed by atoms with van der Waals surface area (Å²) in [5.74, 6) is -0.984. The first kappa shape index (κ1) is 18.3. The largest absolute Gasteiger partial charge is 0.465 e. The molecule has 0 bridgehead atoms. The molecule has 0 fully saturated rings. The third-order valence-electron chi connectivity index (χ3n) is 3.74. The molecule has 1 aromatic heterocycles. The van der Waals surface area contributed by atoms with Gasteiger partial charge in [-0.15, -0.1) is 0 Å². The summed E-state index contributed by atoms with van der Waals surface area (Å²) in [4.78, 5) is 43.2. The number of amides is 1. The van der Waals surface area contributed by atoms with Gasteiger partial charge in [0.05, 0.1) is 18.4 Å². The molecule has 0 spiro atoms. The van der Waals surface area contributed by atoms with Gasteiger partial charge in [0.25, 0.3) is 11.5 Å². The number of halogens is 1. The third-order valence-corrected chi connectivity index (χ3v) is 3.99. The number of ether oxygens (including phenoxy) is 1. The van der Waals surface area contributed by atoms with E-state index in [9.17, 15) is 14.4 Å². The van der Waals surface area contributed by atoms with Crippen molar-refractivity contribution in [3.63, 3.8) is 0 Å². The molecule has 136 valence electrons. The van der Waals surface area contributed by atoms with Gasteiger partial charge in [-0.2, -0.15) is 0 Å². The lowest BCUT2D eigenvalue weighted by atomic mass is 10.1. The molecule has 7 nitrogen and oxygen atoms in total. The Hall–Kier alpha value is -3.45. The summed E-state index contributed by atoms with van der Waals surface area (Å²) >= 11 is 5.84. The molecule has 3 aromatic rings. The van der Waals surface area contributed by atoms with Gasteiger partial charge in [0.15, 0.2) is 0 Å². The van der Waals surface area contributed by atoms with Gasteiger partial charge in [-0.1, -0.05) is 23.7 Å². The van der Waals surface area contributed by atoms with Crippen LogP contribution in [0.3, 0.4) is 0 Å². The second kappa shape index (κ2) is 7.84. The second-order valence-corrected chi connectivity index (χ2v) is 5.91. The molecule has 2 aromatic carbocycles. The van der Waals surface area contributed by atoms with Crippen LogP contribution in [0, 0.1) is 0 Å². The first-order valence-corrected chi connectivity index (χ1v) is 8.21. The lowest BCUT2D eigenvalue weighted by molar-refractivity contribution is 0.0602. The van der Waals surface area contributed by atoms with Gasteiger partial charge in [-0.25, -0.2) is 9.78 Å². The van der Waals surface area contributed by atoms with Crippen LogP contribution >= 0.6 is 11.6 Å². The quantitative estimate of drug-likeness (QED) is 0.674. The van der Waals surface area contributed by atoms with Gasteiger partial charge >= 0.3 is 5.97 Å². The van der Waals surface area contributed by atoms with E-state index in [2.05, 4.69) is 20.0 Å². The zero-order valence-corrected chi connectivity index (χ0v) is 14.9. The highest BCUT2D eigenvalue weighted by Crippen LogP contribution is 2.18. The molecule has 0 aliphatic rings. The summed E-state index contributed by atoms with van der Waals surface area (Å²) in [7, 11) is 1.24. The Kier molecular flexibility index (Phi) is 5.33. The second-order valence-electron chi connectivity index (χ2n) is 5.47. The van der Waals surface area contributed by atoms with Crippen LogP contribution in [0.5, 0.6) is 0 Å². The highest BCUT2D eigenvalue weighted by molar-refractivity contribution is 6.30. The maximum Gasteiger partial charge on any atom is 0.339 e. The Balaban J connectivity index is 1.87. The predicted molar refractivity (Wildman–Crippen MR) is 101 cm³/mol. The molecule has 0 saturated heterocycles. The monoisotopic (exact) mass is 383 g/mol. The van der Waals surface area contributed by atoms with Crippen LogP contribution in [0.4, 0.5) is 5.69 Å². The van der Waals surface area contributed by atoms with Crippen LogP contribution < -0.4 is 10.9 Å². The number of nitrogens with zero attached hydrogens (tertiary/aromatic N) is 1. The van der Waals surface area contributed by atoms with Crippen molar-refractivity contribution in [2.45, 2.75) is 0 Å². The van der Waals surface area contributed by atoms with Crippen molar-refractivity contribution < 1.29 is 14.3 Å². The number of methoxy groups -OCH3 is 1. The summed E-state index contributed by atoms with van der Waals surface area (Å²) < 4.78 is 4.68. The van der Waals surface area contributed by atoms with Crippen molar-refractivity contribution in [2.24, 2.45) is 0 Å². The van der Waals surface area contributed by atoms with Gasteiger partial charge in [0.2, 0.25) is 0 Å². The number of nitrogens with one attached hydrogen (secondary N) is 2. The molecule has 0 unspecified atom stereocenters. The zero-order chi connectivity index (χ0) is 19.4. The average Bonchev–Trinajstić information content (AvgIpc) is 2.68. The number of hydrogen-bond donors (Lipinski definition) is 2. The van der Waals surface area contributed by atoms with Gasteiger partial charge in [-0.05, 0) is 36.4 Å². The van der Waals surface area contributed by atoms with Crippen LogP contribution in [-0.4, -0.2) is 29.0 Å². The smallest absolute Gasteiger partial charge is 0.339 e. The SMILES string of the molecule is COC(=O)c1ccccc1NC(=O)c1cnc(-c2ccc(Cl)cc2)[nH]c1=O. The van der Waals surface area contributed by atoms with Crippen molar-refractivity contribution in [2.75, 3.05) is 12.4 Å². The number of hydrogen-bond acceptors (Lipinski definition) is 5. The highest BCUT2D eigenvalue weighted by Gasteiger charge is 2.17. The summed E-state index contributed by atoms with van der Waals surface area (Å²) in [6.45, 7) is 0. The molecule has 0 radical (unpaired) electrons. The number of para-hydroxylation sites is 1. The maximum atomic E-state index is 12.4. The maximum absolute atomic E-state index is 12.4. The molecule has 0 aliphatic carbocycles. The van der Waals surface area contributed by atoms with E-state index in [1.165, 1.54) is 25.4 Å². The number of rotatable bonds is 4. The lowest BCUT2D eigenvalue weighted by Crippen LogP contribution is -2.25. The minimum atomic E-state index is -0.692. The minimum Gasteiger partial charge on any atom is -0.465 e. The van der Waals surface area contributed by atoms with E-state index in [0.29, 0.717) is 16.4 Å². The van der Waals surface area contributed by atoms with Crippen molar-refractivity contribution in [1.82, 2.24) is 9.97 Å². The van der Waals surface area contributed by atoms with Crippen LogP contribution in [0.2, 0.25) is 5.02 Å². The number of aromatic nitrogens is 2. The van der Waals surface area contributed by atoms with E-state index in [-0.39, 0.29) is 16.8 Å². The molecule has 1 heterocycles. The Morgan fingerprint density at radius 1 is 1.07 bits per heavy atom. The van der Waals surface area contributed by atoms with Gasteiger partial charge in [-0.3, -0.25) is 9.59 Å². The highest BCUT2D eigenvalue weighted by atomic mass is 35.5. The fraction of sp³-hybridized carbons (Fsp3) is 0.0526. The number of carbonyl (C=O) groups excluding carboxylic acids is 2. The van der Waals surface area contributed by atoms with Crippen molar-refractivity contribution in [3.8, 4) is 11.4 Å². The molecular weight excluding hydrogens is 370 g/mol. The molecule has 0 atom stereocenters. The molecular formula is C19H14ClN3O4. The topological polar surface area (TPSA) is 101 Å². The Morgan fingerprint density at radius 2 is 1.78 bits per heavy atom. The van der Waals surface area contributed by atoms with E-state index >= 15 is 0 Å². The molecule has 1 amide bonds. The Morgan fingerprint density at radius 3 is 2.44 bits per heavy atom. The number of esters is 1. The molecule has 27 heavy (non-hydrogen) atoms. The van der Waals surface area contributed by atoms with Crippen molar-refractivity contribution >= 4 is 29.2 Å². The van der Waals surface area contributed by atoms with Crippen LogP contribution in [0.15, 0.2) is 59.5 Å². The summed E-state index contributed by atoms with van der Waals surface area (Å²) in [5.41, 5.74) is 0.265. The summed E-state index contributed by atoms with van der Waals surface area (Å²) in [6, 6.07) is 13.1. The molecule has 3 rings (SSSR count). The first-order chi connectivity index (χ1) is 13.0. The fourth-order valence-corrected chi connectivity index (χ4v) is 2.51. The van der Waals surface area contributed by atoms with E-state index in [1.54, 1.807) is 36.4 Å². The van der Waals surface area contributed by atoms with Crippen molar-refractivity contribution in [1.29, 1.82) is 0 Å². The number of aromatic amines is 1. The van der Waals surface area contributed by atoms with E-state index in [1.807, 2.05) is 0 Å². The fourth-order valence-electron chi connectivity index (χ4n) is 2.38. The molecule has 8 heteroatoms. The number of anilines is 1. The molecule has 0 saturated carbocycles. The van der Waals surface area contributed by atoms with Gasteiger partial charge in [0.1, 0.15) is 11.4 Å². The van der Waals surface area contributed by atoms with Crippen LogP contribution in [-0.2, 0) is 4.74 Å². The van der Waals surface area contributed by atoms with Crippen LogP contribution in [0.25, 0.3) is 11.4 Å². The third kappa shape index (κ3) is 4.04. The summed E-state index contributed by atoms with van der Waals surface area (Å²) in [6.07, 6.45) is 1.18. The minimum absolute atomic E-state index is 0.176. The van der Waals surface area contributed by atoms with E-state index in [4.69, 9.17) is 11.6 Å². The first-order valence-electron chi connectivity index (χ1n) is 7.83.